The van der Waals surface area contributed by atoms with Crippen LogP contribution in [0.3, 0.4) is 0 Å². The minimum absolute atomic E-state index is 0.261. The molecule has 0 aliphatic heterocycles. The lowest BCUT2D eigenvalue weighted by Crippen LogP contribution is -2.03. The molecule has 2 N–H and O–H groups in total. The van der Waals surface area contributed by atoms with Crippen molar-refractivity contribution < 1.29 is 9.90 Å². The van der Waals surface area contributed by atoms with Gasteiger partial charge >= 0.3 is 5.97 Å². The van der Waals surface area contributed by atoms with E-state index < -0.39 is 5.97 Å². The second-order valence-electron chi connectivity index (χ2n) is 4.35. The first kappa shape index (κ1) is 13.5. The lowest BCUT2D eigenvalue weighted by Gasteiger charge is -2.07. The van der Waals surface area contributed by atoms with Gasteiger partial charge in [0.15, 0.2) is 5.13 Å². The molecule has 0 atom stereocenters. The molecular formula is C14H16N2O2S. The van der Waals surface area contributed by atoms with Gasteiger partial charge in [-0.15, -0.1) is 11.3 Å². The standard InChI is InChI=1S/C14H16N2O2S/c1-4-11-9(3)19-14(15-11)16-12-7-8(2)5-6-10(12)13(17)18/h5-7H,4H2,1-3H3,(H,15,16)(H,17,18). The van der Waals surface area contributed by atoms with Gasteiger partial charge in [-0.25, -0.2) is 9.78 Å². The van der Waals surface area contributed by atoms with E-state index in [0.29, 0.717) is 5.69 Å². The molecule has 0 amide bonds. The molecule has 1 aromatic heterocycles. The van der Waals surface area contributed by atoms with Gasteiger partial charge in [0, 0.05) is 4.88 Å². The van der Waals surface area contributed by atoms with Gasteiger partial charge in [-0.1, -0.05) is 13.0 Å². The van der Waals surface area contributed by atoms with E-state index in [1.807, 2.05) is 19.9 Å². The summed E-state index contributed by atoms with van der Waals surface area (Å²) in [5.41, 5.74) is 2.91. The maximum Gasteiger partial charge on any atom is 0.337 e. The predicted molar refractivity (Wildman–Crippen MR) is 77.7 cm³/mol. The molecular weight excluding hydrogens is 260 g/mol. The number of nitrogens with one attached hydrogen (secondary N) is 1. The van der Waals surface area contributed by atoms with Crippen LogP contribution in [0.25, 0.3) is 0 Å². The molecule has 2 rings (SSSR count). The summed E-state index contributed by atoms with van der Waals surface area (Å²) in [5.74, 6) is -0.938. The Hall–Kier alpha value is -1.88. The van der Waals surface area contributed by atoms with Crippen molar-refractivity contribution in [2.75, 3.05) is 5.32 Å². The zero-order valence-corrected chi connectivity index (χ0v) is 12.0. The van der Waals surface area contributed by atoms with Gasteiger partial charge in [0.2, 0.25) is 0 Å². The largest absolute Gasteiger partial charge is 0.478 e. The van der Waals surface area contributed by atoms with Crippen LogP contribution in [-0.4, -0.2) is 16.1 Å². The van der Waals surface area contributed by atoms with Crippen molar-refractivity contribution in [1.29, 1.82) is 0 Å². The molecule has 0 spiro atoms. The van der Waals surface area contributed by atoms with Gasteiger partial charge in [0.1, 0.15) is 0 Å². The van der Waals surface area contributed by atoms with E-state index in [1.165, 1.54) is 0 Å². The molecule has 0 fully saturated rings. The summed E-state index contributed by atoms with van der Waals surface area (Å²) in [6.45, 7) is 6.01. The second-order valence-corrected chi connectivity index (χ2v) is 5.56. The van der Waals surface area contributed by atoms with Crippen molar-refractivity contribution in [3.63, 3.8) is 0 Å². The van der Waals surface area contributed by atoms with E-state index in [1.54, 1.807) is 23.5 Å². The number of benzene rings is 1. The highest BCUT2D eigenvalue weighted by molar-refractivity contribution is 7.15. The molecule has 2 aromatic rings. The van der Waals surface area contributed by atoms with Gasteiger partial charge in [-0.05, 0) is 38.0 Å². The molecule has 0 aliphatic rings. The van der Waals surface area contributed by atoms with Crippen LogP contribution in [0.4, 0.5) is 10.8 Å². The van der Waals surface area contributed by atoms with E-state index in [9.17, 15) is 9.90 Å². The first-order valence-electron chi connectivity index (χ1n) is 6.08. The number of thiazole rings is 1. The molecule has 0 bridgehead atoms. The summed E-state index contributed by atoms with van der Waals surface area (Å²) in [7, 11) is 0. The van der Waals surface area contributed by atoms with Crippen LogP contribution < -0.4 is 5.32 Å². The van der Waals surface area contributed by atoms with Crippen LogP contribution in [-0.2, 0) is 6.42 Å². The normalized spacial score (nSPS) is 10.5. The second kappa shape index (κ2) is 5.40. The van der Waals surface area contributed by atoms with Gasteiger partial charge in [0.25, 0.3) is 0 Å². The van der Waals surface area contributed by atoms with Crippen LogP contribution in [0.5, 0.6) is 0 Å². The molecule has 0 radical (unpaired) electrons. The Morgan fingerprint density at radius 2 is 2.16 bits per heavy atom. The fourth-order valence-electron chi connectivity index (χ4n) is 1.87. The topological polar surface area (TPSA) is 62.2 Å². The van der Waals surface area contributed by atoms with E-state index in [2.05, 4.69) is 17.2 Å². The first-order valence-corrected chi connectivity index (χ1v) is 6.90. The SMILES string of the molecule is CCc1nc(Nc2cc(C)ccc2C(=O)O)sc1C. The van der Waals surface area contributed by atoms with Crippen molar-refractivity contribution in [1.82, 2.24) is 4.98 Å². The Morgan fingerprint density at radius 1 is 1.42 bits per heavy atom. The Labute approximate surface area is 116 Å². The maximum atomic E-state index is 11.2. The van der Waals surface area contributed by atoms with Gasteiger partial charge in [0.05, 0.1) is 16.9 Å². The van der Waals surface area contributed by atoms with E-state index in [4.69, 9.17) is 0 Å². The van der Waals surface area contributed by atoms with Crippen LogP contribution in [0.1, 0.15) is 33.4 Å². The fourth-order valence-corrected chi connectivity index (χ4v) is 2.79. The summed E-state index contributed by atoms with van der Waals surface area (Å²) in [5, 5.41) is 13.0. The van der Waals surface area contributed by atoms with Crippen molar-refractivity contribution in [3.8, 4) is 0 Å². The number of hydrogen-bond acceptors (Lipinski definition) is 4. The number of rotatable bonds is 4. The molecule has 0 unspecified atom stereocenters. The number of aryl methyl sites for hydroxylation is 3. The van der Waals surface area contributed by atoms with E-state index in [0.717, 1.165) is 27.7 Å². The number of anilines is 2. The predicted octanol–water partition coefficient (Wildman–Crippen LogP) is 3.76. The molecule has 1 aromatic carbocycles. The lowest BCUT2D eigenvalue weighted by molar-refractivity contribution is 0.0698. The lowest BCUT2D eigenvalue weighted by atomic mass is 10.1. The summed E-state index contributed by atoms with van der Waals surface area (Å²) >= 11 is 1.54. The Bertz CT molecular complexity index is 620. The molecule has 19 heavy (non-hydrogen) atoms. The number of nitrogens with zero attached hydrogens (tertiary/aromatic N) is 1. The monoisotopic (exact) mass is 276 g/mol. The Balaban J connectivity index is 2.36. The van der Waals surface area contributed by atoms with Gasteiger partial charge < -0.3 is 10.4 Å². The third kappa shape index (κ3) is 2.93. The van der Waals surface area contributed by atoms with Crippen LogP contribution in [0, 0.1) is 13.8 Å². The van der Waals surface area contributed by atoms with E-state index >= 15 is 0 Å². The minimum Gasteiger partial charge on any atom is -0.478 e. The number of hydrogen-bond donors (Lipinski definition) is 2. The third-order valence-electron chi connectivity index (χ3n) is 2.87. The Morgan fingerprint density at radius 3 is 2.74 bits per heavy atom. The molecule has 5 heteroatoms. The van der Waals surface area contributed by atoms with E-state index in [-0.39, 0.29) is 5.56 Å². The van der Waals surface area contributed by atoms with Gasteiger partial charge in [-0.2, -0.15) is 0 Å². The average Bonchev–Trinajstić information content (AvgIpc) is 2.69. The quantitative estimate of drug-likeness (QED) is 0.892. The number of aromatic nitrogens is 1. The molecule has 0 aliphatic carbocycles. The number of carboxylic acid groups (broad SMARTS) is 1. The summed E-state index contributed by atoms with van der Waals surface area (Å²) in [6, 6.07) is 5.23. The number of aromatic carboxylic acids is 1. The summed E-state index contributed by atoms with van der Waals surface area (Å²) in [4.78, 5) is 16.8. The molecule has 1 heterocycles. The zero-order valence-electron chi connectivity index (χ0n) is 11.2. The van der Waals surface area contributed by atoms with Crippen LogP contribution >= 0.6 is 11.3 Å². The smallest absolute Gasteiger partial charge is 0.337 e. The van der Waals surface area contributed by atoms with Gasteiger partial charge in [-0.3, -0.25) is 0 Å². The highest BCUT2D eigenvalue weighted by Crippen LogP contribution is 2.28. The van der Waals surface area contributed by atoms with Crippen molar-refractivity contribution in [2.45, 2.75) is 27.2 Å². The number of carboxylic acids is 1. The molecule has 0 saturated carbocycles. The molecule has 0 saturated heterocycles. The first-order chi connectivity index (χ1) is 9.01. The molecule has 100 valence electrons. The average molecular weight is 276 g/mol. The van der Waals surface area contributed by atoms with Crippen molar-refractivity contribution in [2.24, 2.45) is 0 Å². The summed E-state index contributed by atoms with van der Waals surface area (Å²) in [6.07, 6.45) is 0.879. The molecule has 4 nitrogen and oxygen atoms in total. The Kier molecular flexibility index (Phi) is 3.85. The minimum atomic E-state index is -0.938. The highest BCUT2D eigenvalue weighted by Gasteiger charge is 2.12. The summed E-state index contributed by atoms with van der Waals surface area (Å²) < 4.78 is 0. The fraction of sp³-hybridized carbons (Fsp3) is 0.286. The zero-order chi connectivity index (χ0) is 14.0. The van der Waals surface area contributed by atoms with Crippen molar-refractivity contribution >= 4 is 28.1 Å². The highest BCUT2D eigenvalue weighted by atomic mass is 32.1. The van der Waals surface area contributed by atoms with Crippen LogP contribution in [0.2, 0.25) is 0 Å². The maximum absolute atomic E-state index is 11.2. The van der Waals surface area contributed by atoms with Crippen molar-refractivity contribution in [3.05, 3.63) is 39.9 Å². The third-order valence-corrected chi connectivity index (χ3v) is 3.80. The van der Waals surface area contributed by atoms with Crippen LogP contribution in [0.15, 0.2) is 18.2 Å². The number of carbonyl (C=O) groups is 1.